The minimum Gasteiger partial charge on any atom is -0.381 e. The number of rotatable bonds is 5. The van der Waals surface area contributed by atoms with Crippen molar-refractivity contribution in [3.63, 3.8) is 0 Å². The highest BCUT2D eigenvalue weighted by atomic mass is 16.5. The van der Waals surface area contributed by atoms with Crippen LogP contribution in [0.15, 0.2) is 24.3 Å². The van der Waals surface area contributed by atoms with Crippen LogP contribution in [0.2, 0.25) is 0 Å². The summed E-state index contributed by atoms with van der Waals surface area (Å²) in [6.07, 6.45) is 10.4. The number of allylic oxidation sites excluding steroid dienone is 3. The van der Waals surface area contributed by atoms with Gasteiger partial charge in [-0.25, -0.2) is 0 Å². The summed E-state index contributed by atoms with van der Waals surface area (Å²) in [5.74, 6) is 0.808. The maximum Gasteiger partial charge on any atom is 0.0468 e. The molecule has 1 heterocycles. The first-order valence-corrected chi connectivity index (χ1v) is 5.75. The second-order valence-electron chi connectivity index (χ2n) is 4.11. The van der Waals surface area contributed by atoms with Crippen LogP contribution in [0.1, 0.15) is 39.0 Å². The Hall–Kier alpha value is -0.560. The SMILES string of the molecule is C=C(/C=C\CCC)CC1CCOCC1. The number of hydrogen-bond acceptors (Lipinski definition) is 1. The molecule has 0 bridgehead atoms. The minimum atomic E-state index is 0.808. The van der Waals surface area contributed by atoms with Crippen molar-refractivity contribution in [1.82, 2.24) is 0 Å². The summed E-state index contributed by atoms with van der Waals surface area (Å²) < 4.78 is 5.33. The second-order valence-corrected chi connectivity index (χ2v) is 4.11. The van der Waals surface area contributed by atoms with Crippen molar-refractivity contribution >= 4 is 0 Å². The molecule has 0 aliphatic carbocycles. The van der Waals surface area contributed by atoms with Gasteiger partial charge < -0.3 is 4.74 Å². The molecule has 1 fully saturated rings. The van der Waals surface area contributed by atoms with Crippen LogP contribution in [-0.2, 0) is 4.74 Å². The molecular weight excluding hydrogens is 172 g/mol. The molecular formula is C13H22O. The number of ether oxygens (including phenoxy) is 1. The fourth-order valence-corrected chi connectivity index (χ4v) is 1.81. The Labute approximate surface area is 87.8 Å². The second kappa shape index (κ2) is 6.83. The molecule has 1 nitrogen and oxygen atoms in total. The lowest BCUT2D eigenvalue weighted by atomic mass is 9.93. The molecule has 1 heteroatoms. The van der Waals surface area contributed by atoms with Gasteiger partial charge in [0.25, 0.3) is 0 Å². The summed E-state index contributed by atoms with van der Waals surface area (Å²) in [4.78, 5) is 0. The Kier molecular flexibility index (Phi) is 5.62. The van der Waals surface area contributed by atoms with Gasteiger partial charge in [-0.15, -0.1) is 0 Å². The van der Waals surface area contributed by atoms with Crippen molar-refractivity contribution in [2.75, 3.05) is 13.2 Å². The first-order valence-electron chi connectivity index (χ1n) is 5.75. The van der Waals surface area contributed by atoms with Gasteiger partial charge in [0.1, 0.15) is 0 Å². The third-order valence-corrected chi connectivity index (χ3v) is 2.70. The Morgan fingerprint density at radius 3 is 2.79 bits per heavy atom. The number of hydrogen-bond donors (Lipinski definition) is 0. The Bertz CT molecular complexity index is 187. The van der Waals surface area contributed by atoms with Gasteiger partial charge in [0.2, 0.25) is 0 Å². The van der Waals surface area contributed by atoms with Gasteiger partial charge in [0.05, 0.1) is 0 Å². The van der Waals surface area contributed by atoms with Gasteiger partial charge >= 0.3 is 0 Å². The summed E-state index contributed by atoms with van der Waals surface area (Å²) in [6.45, 7) is 8.18. The van der Waals surface area contributed by atoms with Crippen molar-refractivity contribution in [2.24, 2.45) is 5.92 Å². The molecule has 0 aromatic heterocycles. The van der Waals surface area contributed by atoms with Crippen molar-refractivity contribution in [2.45, 2.75) is 39.0 Å². The zero-order valence-electron chi connectivity index (χ0n) is 9.30. The predicted octanol–water partition coefficient (Wildman–Crippen LogP) is 3.72. The van der Waals surface area contributed by atoms with Crippen LogP contribution < -0.4 is 0 Å². The predicted molar refractivity (Wildman–Crippen MR) is 61.3 cm³/mol. The van der Waals surface area contributed by atoms with Crippen LogP contribution >= 0.6 is 0 Å². The molecule has 80 valence electrons. The van der Waals surface area contributed by atoms with E-state index in [9.17, 15) is 0 Å². The van der Waals surface area contributed by atoms with Crippen LogP contribution in [0.5, 0.6) is 0 Å². The fraction of sp³-hybridized carbons (Fsp3) is 0.692. The summed E-state index contributed by atoms with van der Waals surface area (Å²) in [6, 6.07) is 0. The van der Waals surface area contributed by atoms with E-state index in [4.69, 9.17) is 4.74 Å². The van der Waals surface area contributed by atoms with Gasteiger partial charge in [-0.1, -0.05) is 37.6 Å². The third kappa shape index (κ3) is 4.61. The molecule has 0 aromatic rings. The molecule has 14 heavy (non-hydrogen) atoms. The van der Waals surface area contributed by atoms with Crippen LogP contribution in [0.25, 0.3) is 0 Å². The summed E-state index contributed by atoms with van der Waals surface area (Å²) >= 11 is 0. The van der Waals surface area contributed by atoms with Gasteiger partial charge in [-0.3, -0.25) is 0 Å². The summed E-state index contributed by atoms with van der Waals surface area (Å²) in [5, 5.41) is 0. The quantitative estimate of drug-likeness (QED) is 0.606. The summed E-state index contributed by atoms with van der Waals surface area (Å²) in [7, 11) is 0. The topological polar surface area (TPSA) is 9.23 Å². The monoisotopic (exact) mass is 194 g/mol. The highest BCUT2D eigenvalue weighted by Crippen LogP contribution is 2.22. The van der Waals surface area contributed by atoms with Crippen molar-refractivity contribution in [3.05, 3.63) is 24.3 Å². The van der Waals surface area contributed by atoms with Gasteiger partial charge in [0, 0.05) is 13.2 Å². The molecule has 0 N–H and O–H groups in total. The first kappa shape index (κ1) is 11.5. The lowest BCUT2D eigenvalue weighted by Crippen LogP contribution is -2.15. The smallest absolute Gasteiger partial charge is 0.0468 e. The Morgan fingerprint density at radius 1 is 1.43 bits per heavy atom. The zero-order valence-corrected chi connectivity index (χ0v) is 9.30. The van der Waals surface area contributed by atoms with Gasteiger partial charge in [-0.05, 0) is 31.6 Å². The van der Waals surface area contributed by atoms with E-state index in [2.05, 4.69) is 25.7 Å². The summed E-state index contributed by atoms with van der Waals surface area (Å²) in [5.41, 5.74) is 1.28. The molecule has 0 amide bonds. The van der Waals surface area contributed by atoms with E-state index >= 15 is 0 Å². The standard InChI is InChI=1S/C13H22O/c1-3-4-5-6-12(2)11-13-7-9-14-10-8-13/h5-6,13H,2-4,7-11H2,1H3/b6-5-. The van der Waals surface area contributed by atoms with Crippen molar-refractivity contribution in [3.8, 4) is 0 Å². The molecule has 0 saturated carbocycles. The van der Waals surface area contributed by atoms with Gasteiger partial charge in [0.15, 0.2) is 0 Å². The highest BCUT2D eigenvalue weighted by Gasteiger charge is 2.13. The molecule has 0 unspecified atom stereocenters. The van der Waals surface area contributed by atoms with E-state index in [1.54, 1.807) is 0 Å². The Morgan fingerprint density at radius 2 is 2.14 bits per heavy atom. The van der Waals surface area contributed by atoms with Crippen molar-refractivity contribution < 1.29 is 4.74 Å². The molecule has 0 radical (unpaired) electrons. The fourth-order valence-electron chi connectivity index (χ4n) is 1.81. The van der Waals surface area contributed by atoms with Crippen LogP contribution in [0.4, 0.5) is 0 Å². The average Bonchev–Trinajstić information content (AvgIpc) is 2.20. The third-order valence-electron chi connectivity index (χ3n) is 2.70. The van der Waals surface area contributed by atoms with E-state index in [1.807, 2.05) is 0 Å². The van der Waals surface area contributed by atoms with E-state index in [-0.39, 0.29) is 0 Å². The minimum absolute atomic E-state index is 0.808. The molecule has 1 saturated heterocycles. The molecule has 1 rings (SSSR count). The normalized spacial score (nSPS) is 18.9. The zero-order chi connectivity index (χ0) is 10.2. The number of unbranched alkanes of at least 4 members (excludes halogenated alkanes) is 1. The van der Waals surface area contributed by atoms with Crippen LogP contribution in [-0.4, -0.2) is 13.2 Å². The maximum atomic E-state index is 5.33. The molecule has 1 aliphatic rings. The molecule has 0 aromatic carbocycles. The van der Waals surface area contributed by atoms with E-state index < -0.39 is 0 Å². The lowest BCUT2D eigenvalue weighted by Gasteiger charge is -2.21. The van der Waals surface area contributed by atoms with Crippen LogP contribution in [0.3, 0.4) is 0 Å². The highest BCUT2D eigenvalue weighted by molar-refractivity contribution is 5.14. The van der Waals surface area contributed by atoms with E-state index in [1.165, 1.54) is 31.3 Å². The molecule has 0 spiro atoms. The molecule has 1 aliphatic heterocycles. The van der Waals surface area contributed by atoms with Crippen molar-refractivity contribution in [1.29, 1.82) is 0 Å². The maximum absolute atomic E-state index is 5.33. The van der Waals surface area contributed by atoms with Gasteiger partial charge in [-0.2, -0.15) is 0 Å². The lowest BCUT2D eigenvalue weighted by molar-refractivity contribution is 0.0668. The molecule has 0 atom stereocenters. The van der Waals surface area contributed by atoms with E-state index in [0.29, 0.717) is 0 Å². The first-order chi connectivity index (χ1) is 6.83. The Balaban J connectivity index is 2.18. The van der Waals surface area contributed by atoms with Crippen LogP contribution in [0, 0.1) is 5.92 Å². The average molecular weight is 194 g/mol. The van der Waals surface area contributed by atoms with E-state index in [0.717, 1.165) is 25.6 Å². The largest absolute Gasteiger partial charge is 0.381 e.